The van der Waals surface area contributed by atoms with Gasteiger partial charge in [-0.2, -0.15) is 0 Å². The van der Waals surface area contributed by atoms with Crippen molar-refractivity contribution in [2.75, 3.05) is 20.7 Å². The number of aliphatic imine (C=N–C) groups is 1. The summed E-state index contributed by atoms with van der Waals surface area (Å²) in [6.07, 6.45) is 0. The van der Waals surface area contributed by atoms with Gasteiger partial charge >= 0.3 is 5.97 Å². The summed E-state index contributed by atoms with van der Waals surface area (Å²) >= 11 is 6.08. The molecule has 0 saturated carbocycles. The molecule has 0 spiro atoms. The molecule has 0 aromatic heterocycles. The van der Waals surface area contributed by atoms with Gasteiger partial charge < -0.3 is 15.4 Å². The minimum atomic E-state index is -0.251. The van der Waals surface area contributed by atoms with Crippen LogP contribution >= 0.6 is 11.6 Å². The maximum Gasteiger partial charge on any atom is 0.310 e. The van der Waals surface area contributed by atoms with Crippen molar-refractivity contribution < 1.29 is 9.53 Å². The van der Waals surface area contributed by atoms with Crippen LogP contribution in [0.2, 0.25) is 5.02 Å². The van der Waals surface area contributed by atoms with Crippen molar-refractivity contribution in [2.24, 2.45) is 10.9 Å². The Morgan fingerprint density at radius 2 is 2.10 bits per heavy atom. The zero-order chi connectivity index (χ0) is 15.0. The molecule has 0 aliphatic rings. The Labute approximate surface area is 124 Å². The largest absolute Gasteiger partial charge is 0.469 e. The Morgan fingerprint density at radius 1 is 1.40 bits per heavy atom. The number of halogens is 1. The average molecular weight is 298 g/mol. The van der Waals surface area contributed by atoms with Crippen LogP contribution in [0.25, 0.3) is 0 Å². The van der Waals surface area contributed by atoms with E-state index in [1.807, 2.05) is 24.3 Å². The average Bonchev–Trinajstić information content (AvgIpc) is 2.47. The van der Waals surface area contributed by atoms with Crippen molar-refractivity contribution in [3.63, 3.8) is 0 Å². The molecule has 2 N–H and O–H groups in total. The molecular formula is C14H20ClN3O2. The number of nitrogens with zero attached hydrogens (tertiary/aromatic N) is 1. The summed E-state index contributed by atoms with van der Waals surface area (Å²) in [6, 6.07) is 7.60. The monoisotopic (exact) mass is 297 g/mol. The van der Waals surface area contributed by atoms with Crippen molar-refractivity contribution >= 4 is 23.5 Å². The van der Waals surface area contributed by atoms with Gasteiger partial charge in [0.05, 0.1) is 13.0 Å². The summed E-state index contributed by atoms with van der Waals surface area (Å²) in [5, 5.41) is 6.92. The Hall–Kier alpha value is -1.75. The van der Waals surface area contributed by atoms with Gasteiger partial charge in [-0.15, -0.1) is 0 Å². The molecule has 0 bridgehead atoms. The van der Waals surface area contributed by atoms with Crippen LogP contribution in [-0.2, 0) is 16.1 Å². The first kappa shape index (κ1) is 16.3. The van der Waals surface area contributed by atoms with Gasteiger partial charge in [0.25, 0.3) is 0 Å². The molecule has 1 rings (SSSR count). The third kappa shape index (κ3) is 5.09. The van der Waals surface area contributed by atoms with Crippen molar-refractivity contribution in [1.82, 2.24) is 10.6 Å². The number of nitrogens with one attached hydrogen (secondary N) is 2. The Balaban J connectivity index is 2.45. The van der Waals surface area contributed by atoms with Gasteiger partial charge in [0, 0.05) is 25.2 Å². The summed E-state index contributed by atoms with van der Waals surface area (Å²) in [5.41, 5.74) is 0.984. The number of methoxy groups -OCH3 is 1. The lowest BCUT2D eigenvalue weighted by Crippen LogP contribution is -2.40. The molecule has 0 amide bonds. The normalized spacial score (nSPS) is 12.7. The van der Waals surface area contributed by atoms with Crippen LogP contribution in [0.15, 0.2) is 29.3 Å². The molecule has 1 unspecified atom stereocenters. The van der Waals surface area contributed by atoms with E-state index in [0.29, 0.717) is 24.1 Å². The van der Waals surface area contributed by atoms with E-state index in [2.05, 4.69) is 20.4 Å². The molecule has 1 aromatic rings. The van der Waals surface area contributed by atoms with Gasteiger partial charge in [-0.25, -0.2) is 0 Å². The molecular weight excluding hydrogens is 278 g/mol. The lowest BCUT2D eigenvalue weighted by Gasteiger charge is -2.15. The van der Waals surface area contributed by atoms with Crippen LogP contribution in [0.1, 0.15) is 12.5 Å². The third-order valence-electron chi connectivity index (χ3n) is 2.81. The summed E-state index contributed by atoms with van der Waals surface area (Å²) in [7, 11) is 3.05. The van der Waals surface area contributed by atoms with Crippen LogP contribution < -0.4 is 10.6 Å². The molecule has 110 valence electrons. The highest BCUT2D eigenvalue weighted by Crippen LogP contribution is 2.14. The van der Waals surface area contributed by atoms with Crippen LogP contribution in [0.3, 0.4) is 0 Å². The van der Waals surface area contributed by atoms with E-state index in [0.717, 1.165) is 5.56 Å². The second kappa shape index (κ2) is 8.43. The number of hydrogen-bond acceptors (Lipinski definition) is 3. The number of benzene rings is 1. The molecule has 1 atom stereocenters. The van der Waals surface area contributed by atoms with Gasteiger partial charge in [-0.05, 0) is 11.6 Å². The highest BCUT2D eigenvalue weighted by Gasteiger charge is 2.13. The predicted octanol–water partition coefficient (Wildman–Crippen LogP) is 1.81. The Bertz CT molecular complexity index is 477. The minimum absolute atomic E-state index is 0.237. The first-order valence-electron chi connectivity index (χ1n) is 6.34. The van der Waals surface area contributed by atoms with Crippen molar-refractivity contribution in [2.45, 2.75) is 13.5 Å². The van der Waals surface area contributed by atoms with Crippen LogP contribution in [-0.4, -0.2) is 32.6 Å². The maximum absolute atomic E-state index is 11.3. The van der Waals surface area contributed by atoms with Crippen LogP contribution in [0.5, 0.6) is 0 Å². The molecule has 0 heterocycles. The zero-order valence-corrected chi connectivity index (χ0v) is 12.7. The molecule has 0 saturated heterocycles. The summed E-state index contributed by atoms with van der Waals surface area (Å²) < 4.78 is 4.67. The molecule has 1 aromatic carbocycles. The molecule has 0 radical (unpaired) electrons. The first-order chi connectivity index (χ1) is 9.58. The van der Waals surface area contributed by atoms with Gasteiger partial charge in [0.1, 0.15) is 0 Å². The van der Waals surface area contributed by atoms with E-state index in [1.54, 1.807) is 14.0 Å². The lowest BCUT2D eigenvalue weighted by molar-refractivity contribution is -0.144. The fourth-order valence-electron chi connectivity index (χ4n) is 1.58. The summed E-state index contributed by atoms with van der Waals surface area (Å²) in [5.74, 6) is 0.124. The summed E-state index contributed by atoms with van der Waals surface area (Å²) in [6.45, 7) is 2.81. The quantitative estimate of drug-likeness (QED) is 0.494. The highest BCUT2D eigenvalue weighted by atomic mass is 35.5. The highest BCUT2D eigenvalue weighted by molar-refractivity contribution is 6.31. The molecule has 6 heteroatoms. The van der Waals surface area contributed by atoms with Gasteiger partial charge in [0.2, 0.25) is 0 Å². The SMILES string of the molecule is CN=C(NCc1ccccc1Cl)NCC(C)C(=O)OC. The fraction of sp³-hybridized carbons (Fsp3) is 0.429. The lowest BCUT2D eigenvalue weighted by atomic mass is 10.2. The number of carbonyl (C=O) groups excluding carboxylic acids is 1. The third-order valence-corrected chi connectivity index (χ3v) is 3.18. The topological polar surface area (TPSA) is 62.7 Å². The molecule has 0 fully saturated rings. The van der Waals surface area contributed by atoms with E-state index in [9.17, 15) is 4.79 Å². The predicted molar refractivity (Wildman–Crippen MR) is 80.8 cm³/mol. The standard InChI is InChI=1S/C14H20ClN3O2/c1-10(13(19)20-3)8-17-14(16-2)18-9-11-6-4-5-7-12(11)15/h4-7,10H,8-9H2,1-3H3,(H2,16,17,18). The van der Waals surface area contributed by atoms with Crippen LogP contribution in [0, 0.1) is 5.92 Å². The first-order valence-corrected chi connectivity index (χ1v) is 6.72. The molecule has 0 aliphatic heterocycles. The minimum Gasteiger partial charge on any atom is -0.469 e. The Morgan fingerprint density at radius 3 is 2.70 bits per heavy atom. The molecule has 20 heavy (non-hydrogen) atoms. The van der Waals surface area contributed by atoms with Crippen molar-refractivity contribution in [3.05, 3.63) is 34.9 Å². The van der Waals surface area contributed by atoms with Crippen molar-refractivity contribution in [3.8, 4) is 0 Å². The summed E-state index contributed by atoms with van der Waals surface area (Å²) in [4.78, 5) is 15.4. The van der Waals surface area contributed by atoms with Gasteiger partial charge in [-0.3, -0.25) is 9.79 Å². The number of guanidine groups is 1. The zero-order valence-electron chi connectivity index (χ0n) is 11.9. The smallest absolute Gasteiger partial charge is 0.310 e. The van der Waals surface area contributed by atoms with E-state index in [1.165, 1.54) is 7.11 Å². The van der Waals surface area contributed by atoms with Crippen LogP contribution in [0.4, 0.5) is 0 Å². The van der Waals surface area contributed by atoms with Gasteiger partial charge in [0.15, 0.2) is 5.96 Å². The second-order valence-electron chi connectivity index (χ2n) is 4.32. The number of rotatable bonds is 5. The number of carbonyl (C=O) groups is 1. The van der Waals surface area contributed by atoms with Gasteiger partial charge in [-0.1, -0.05) is 36.7 Å². The van der Waals surface area contributed by atoms with E-state index < -0.39 is 0 Å². The van der Waals surface area contributed by atoms with E-state index in [-0.39, 0.29) is 11.9 Å². The molecule has 5 nitrogen and oxygen atoms in total. The Kier molecular flexibility index (Phi) is 6.87. The van der Waals surface area contributed by atoms with Crippen molar-refractivity contribution in [1.29, 1.82) is 0 Å². The number of esters is 1. The second-order valence-corrected chi connectivity index (χ2v) is 4.73. The van der Waals surface area contributed by atoms with E-state index in [4.69, 9.17) is 11.6 Å². The van der Waals surface area contributed by atoms with E-state index >= 15 is 0 Å². The number of hydrogen-bond donors (Lipinski definition) is 2. The molecule has 0 aliphatic carbocycles. The number of ether oxygens (including phenoxy) is 1. The maximum atomic E-state index is 11.3. The fourth-order valence-corrected chi connectivity index (χ4v) is 1.78.